The molecule has 0 spiro atoms. The van der Waals surface area contributed by atoms with Crippen LogP contribution < -0.4 is 0 Å². The molecule has 0 unspecified atom stereocenters. The predicted octanol–water partition coefficient (Wildman–Crippen LogP) is 6.87. The number of aromatic nitrogens is 1. The van der Waals surface area contributed by atoms with Crippen LogP contribution in [0.2, 0.25) is 0 Å². The van der Waals surface area contributed by atoms with Gasteiger partial charge in [-0.2, -0.15) is 0 Å². The Morgan fingerprint density at radius 2 is 1.57 bits per heavy atom. The van der Waals surface area contributed by atoms with Crippen molar-refractivity contribution in [1.29, 1.82) is 0 Å². The fourth-order valence-electron chi connectivity index (χ4n) is 3.37. The van der Waals surface area contributed by atoms with E-state index in [4.69, 9.17) is 0 Å². The van der Waals surface area contributed by atoms with E-state index < -0.39 is 0 Å². The van der Waals surface area contributed by atoms with Crippen molar-refractivity contribution in [2.45, 2.75) is 6.92 Å². The summed E-state index contributed by atoms with van der Waals surface area (Å²) in [6, 6.07) is 25.9. The first kappa shape index (κ1) is 18.3. The molecule has 0 saturated heterocycles. The number of allylic oxidation sites excluding steroid dienone is 1. The maximum absolute atomic E-state index is 13.2. The van der Waals surface area contributed by atoms with Gasteiger partial charge in [-0.05, 0) is 42.3 Å². The van der Waals surface area contributed by atoms with Crippen molar-refractivity contribution in [2.24, 2.45) is 0 Å². The van der Waals surface area contributed by atoms with Crippen LogP contribution in [-0.2, 0) is 0 Å². The number of benzene rings is 3. The molecule has 0 aliphatic rings. The second kappa shape index (κ2) is 7.91. The van der Waals surface area contributed by atoms with E-state index in [1.807, 2.05) is 91.9 Å². The molecule has 136 valence electrons. The average molecular weight is 428 g/mol. The number of carbonyl (C=O) groups is 1. The minimum Gasteiger partial charge on any atom is -0.289 e. The number of pyridine rings is 1. The van der Waals surface area contributed by atoms with E-state index in [0.717, 1.165) is 37.8 Å². The van der Waals surface area contributed by atoms with Gasteiger partial charge in [-0.25, -0.2) is 0 Å². The smallest absolute Gasteiger partial charge is 0.188 e. The van der Waals surface area contributed by atoms with Crippen molar-refractivity contribution < 1.29 is 4.79 Å². The van der Waals surface area contributed by atoms with Crippen LogP contribution >= 0.6 is 15.9 Å². The Bertz CT molecular complexity index is 1180. The van der Waals surface area contributed by atoms with Crippen molar-refractivity contribution in [1.82, 2.24) is 4.98 Å². The van der Waals surface area contributed by atoms with Crippen LogP contribution in [0, 0.1) is 6.92 Å². The van der Waals surface area contributed by atoms with E-state index in [-0.39, 0.29) is 5.78 Å². The average Bonchev–Trinajstić information content (AvgIpc) is 2.72. The van der Waals surface area contributed by atoms with Crippen LogP contribution in [0.3, 0.4) is 0 Å². The van der Waals surface area contributed by atoms with Crippen LogP contribution in [0.1, 0.15) is 21.6 Å². The number of fused-ring (bicyclic) bond motifs is 1. The molecule has 0 radical (unpaired) electrons. The quantitative estimate of drug-likeness (QED) is 0.262. The number of carbonyl (C=O) groups excluding carboxylic acids is 1. The topological polar surface area (TPSA) is 30.0 Å². The van der Waals surface area contributed by atoms with Gasteiger partial charge >= 0.3 is 0 Å². The summed E-state index contributed by atoms with van der Waals surface area (Å²) in [5.74, 6) is -0.0440. The fourth-order valence-corrected chi connectivity index (χ4v) is 3.63. The van der Waals surface area contributed by atoms with Crippen LogP contribution in [0.4, 0.5) is 0 Å². The minimum absolute atomic E-state index is 0.0440. The zero-order valence-electron chi connectivity index (χ0n) is 15.4. The summed E-state index contributed by atoms with van der Waals surface area (Å²) in [6.07, 6.45) is 3.48. The zero-order valence-corrected chi connectivity index (χ0v) is 17.0. The minimum atomic E-state index is -0.0440. The molecule has 3 aromatic carbocycles. The van der Waals surface area contributed by atoms with Gasteiger partial charge in [-0.1, -0.05) is 82.7 Å². The third-order valence-electron chi connectivity index (χ3n) is 4.68. The number of nitrogens with zero attached hydrogens (tertiary/aromatic N) is 1. The number of hydrogen-bond donors (Lipinski definition) is 0. The first-order valence-corrected chi connectivity index (χ1v) is 9.85. The lowest BCUT2D eigenvalue weighted by molar-refractivity contribution is 0.104. The zero-order chi connectivity index (χ0) is 19.5. The second-order valence-corrected chi connectivity index (χ2v) is 7.50. The summed E-state index contributed by atoms with van der Waals surface area (Å²) >= 11 is 3.43. The molecule has 0 amide bonds. The monoisotopic (exact) mass is 427 g/mol. The summed E-state index contributed by atoms with van der Waals surface area (Å²) in [6.45, 7) is 1.90. The highest BCUT2D eigenvalue weighted by Crippen LogP contribution is 2.33. The third-order valence-corrected chi connectivity index (χ3v) is 5.21. The molecule has 0 fully saturated rings. The number of aryl methyl sites for hydroxylation is 1. The highest BCUT2D eigenvalue weighted by molar-refractivity contribution is 9.10. The van der Waals surface area contributed by atoms with Crippen LogP contribution in [0.15, 0.2) is 89.4 Å². The van der Waals surface area contributed by atoms with Gasteiger partial charge in [-0.15, -0.1) is 0 Å². The molecule has 0 bridgehead atoms. The Balaban J connectivity index is 1.87. The molecule has 4 aromatic rings. The largest absolute Gasteiger partial charge is 0.289 e. The lowest BCUT2D eigenvalue weighted by Crippen LogP contribution is -2.05. The number of para-hydroxylation sites is 1. The Labute approximate surface area is 172 Å². The molecule has 1 aromatic heterocycles. The number of rotatable bonds is 4. The van der Waals surface area contributed by atoms with Gasteiger partial charge in [0.25, 0.3) is 0 Å². The first-order chi connectivity index (χ1) is 13.6. The van der Waals surface area contributed by atoms with Gasteiger partial charge in [-0.3, -0.25) is 9.78 Å². The first-order valence-electron chi connectivity index (χ1n) is 9.06. The molecule has 0 N–H and O–H groups in total. The van der Waals surface area contributed by atoms with E-state index in [0.29, 0.717) is 5.56 Å². The molecule has 0 aliphatic heterocycles. The van der Waals surface area contributed by atoms with Crippen LogP contribution in [-0.4, -0.2) is 10.8 Å². The summed E-state index contributed by atoms with van der Waals surface area (Å²) < 4.78 is 1.01. The van der Waals surface area contributed by atoms with Crippen molar-refractivity contribution in [3.05, 3.63) is 106 Å². The van der Waals surface area contributed by atoms with E-state index in [9.17, 15) is 4.79 Å². The molecule has 0 atom stereocenters. The third kappa shape index (κ3) is 3.67. The summed E-state index contributed by atoms with van der Waals surface area (Å²) in [5.41, 5.74) is 5.22. The van der Waals surface area contributed by atoms with Crippen LogP contribution in [0.25, 0.3) is 28.1 Å². The molecule has 1 heterocycles. The molecular formula is C25H18BrNO. The van der Waals surface area contributed by atoms with Gasteiger partial charge < -0.3 is 0 Å². The van der Waals surface area contributed by atoms with Gasteiger partial charge in [0, 0.05) is 21.1 Å². The summed E-state index contributed by atoms with van der Waals surface area (Å²) in [4.78, 5) is 17.9. The molecule has 3 heteroatoms. The normalized spacial score (nSPS) is 11.2. The lowest BCUT2D eigenvalue weighted by atomic mass is 9.92. The molecule has 4 rings (SSSR count). The predicted molar refractivity (Wildman–Crippen MR) is 119 cm³/mol. The van der Waals surface area contributed by atoms with Gasteiger partial charge in [0.15, 0.2) is 5.78 Å². The molecular weight excluding hydrogens is 410 g/mol. The Morgan fingerprint density at radius 1 is 0.893 bits per heavy atom. The van der Waals surface area contributed by atoms with Gasteiger partial charge in [0.2, 0.25) is 0 Å². The Hall–Kier alpha value is -3.04. The summed E-state index contributed by atoms with van der Waals surface area (Å²) in [7, 11) is 0. The van der Waals surface area contributed by atoms with Crippen molar-refractivity contribution >= 4 is 38.7 Å². The van der Waals surface area contributed by atoms with E-state index in [2.05, 4.69) is 20.9 Å². The Morgan fingerprint density at radius 3 is 2.32 bits per heavy atom. The van der Waals surface area contributed by atoms with Crippen LogP contribution in [0.5, 0.6) is 0 Å². The number of ketones is 1. The summed E-state index contributed by atoms with van der Waals surface area (Å²) in [5, 5.41) is 0.986. The highest BCUT2D eigenvalue weighted by Gasteiger charge is 2.18. The number of halogens is 1. The molecule has 0 saturated carbocycles. The standard InChI is InChI=1S/C25H18BrNO/c1-17-24(23(28)16-13-18-11-14-20(26)15-12-18)25(19-7-3-2-4-8-19)21-9-5-6-10-22(21)27-17/h2-16H,1H3/b16-13+. The highest BCUT2D eigenvalue weighted by atomic mass is 79.9. The maximum Gasteiger partial charge on any atom is 0.188 e. The van der Waals surface area contributed by atoms with Crippen molar-refractivity contribution in [3.63, 3.8) is 0 Å². The van der Waals surface area contributed by atoms with Crippen molar-refractivity contribution in [2.75, 3.05) is 0 Å². The van der Waals surface area contributed by atoms with Gasteiger partial charge in [0.1, 0.15) is 0 Å². The van der Waals surface area contributed by atoms with E-state index >= 15 is 0 Å². The van der Waals surface area contributed by atoms with Gasteiger partial charge in [0.05, 0.1) is 11.1 Å². The molecule has 2 nitrogen and oxygen atoms in total. The molecule has 0 aliphatic carbocycles. The number of hydrogen-bond acceptors (Lipinski definition) is 2. The van der Waals surface area contributed by atoms with E-state index in [1.54, 1.807) is 6.08 Å². The fraction of sp³-hybridized carbons (Fsp3) is 0.0400. The SMILES string of the molecule is Cc1nc2ccccc2c(-c2ccccc2)c1C(=O)/C=C/c1ccc(Br)cc1. The molecule has 28 heavy (non-hydrogen) atoms. The Kier molecular flexibility index (Phi) is 5.18. The second-order valence-electron chi connectivity index (χ2n) is 6.58. The lowest BCUT2D eigenvalue weighted by Gasteiger charge is -2.14. The van der Waals surface area contributed by atoms with Crippen molar-refractivity contribution in [3.8, 4) is 11.1 Å². The van der Waals surface area contributed by atoms with E-state index in [1.165, 1.54) is 0 Å². The maximum atomic E-state index is 13.2.